The zero-order valence-electron chi connectivity index (χ0n) is 14.7. The molecule has 4 heteroatoms. The number of rotatable bonds is 7. The van der Waals surface area contributed by atoms with Gasteiger partial charge in [0.1, 0.15) is 0 Å². The molecule has 1 heterocycles. The predicted molar refractivity (Wildman–Crippen MR) is 106 cm³/mol. The molecule has 0 spiro atoms. The maximum atomic E-state index is 12.2. The number of hydrogen-bond donors (Lipinski definition) is 1. The Morgan fingerprint density at radius 2 is 1.84 bits per heavy atom. The molecule has 1 unspecified atom stereocenters. The molecule has 1 N–H and O–H groups in total. The predicted octanol–water partition coefficient (Wildman–Crippen LogP) is 4.60. The molecule has 1 amide bonds. The van der Waals surface area contributed by atoms with Crippen molar-refractivity contribution in [3.8, 4) is 0 Å². The van der Waals surface area contributed by atoms with E-state index in [0.717, 1.165) is 18.7 Å². The van der Waals surface area contributed by atoms with Crippen LogP contribution in [0.15, 0.2) is 60.0 Å². The van der Waals surface area contributed by atoms with Gasteiger partial charge in [-0.2, -0.15) is 0 Å². The maximum Gasteiger partial charge on any atom is 0.221 e. The first-order chi connectivity index (χ1) is 12.1. The SMILES string of the molecule is CC(NC(=O)CCN(C)Cc1csc2ccccc12)c1ccccc1. The third-order valence-corrected chi connectivity index (χ3v) is 5.41. The molecule has 25 heavy (non-hydrogen) atoms. The largest absolute Gasteiger partial charge is 0.350 e. The minimum Gasteiger partial charge on any atom is -0.350 e. The number of carbonyl (C=O) groups is 1. The molecule has 0 fully saturated rings. The smallest absolute Gasteiger partial charge is 0.221 e. The standard InChI is InChI=1S/C21H24N2OS/c1-16(17-8-4-3-5-9-17)22-21(24)12-13-23(2)14-18-15-25-20-11-7-6-10-19(18)20/h3-11,15-16H,12-14H2,1-2H3,(H,22,24). The summed E-state index contributed by atoms with van der Waals surface area (Å²) in [5.41, 5.74) is 2.47. The van der Waals surface area contributed by atoms with Gasteiger partial charge in [-0.1, -0.05) is 48.5 Å². The van der Waals surface area contributed by atoms with E-state index in [1.165, 1.54) is 15.6 Å². The van der Waals surface area contributed by atoms with Crippen molar-refractivity contribution >= 4 is 27.3 Å². The fraction of sp³-hybridized carbons (Fsp3) is 0.286. The normalized spacial score (nSPS) is 12.4. The minimum atomic E-state index is 0.0415. The lowest BCUT2D eigenvalue weighted by Gasteiger charge is -2.18. The second kappa shape index (κ2) is 8.28. The third kappa shape index (κ3) is 4.68. The van der Waals surface area contributed by atoms with Crippen LogP contribution in [0.1, 0.15) is 30.5 Å². The van der Waals surface area contributed by atoms with E-state index in [2.05, 4.69) is 46.9 Å². The first-order valence-electron chi connectivity index (χ1n) is 8.61. The van der Waals surface area contributed by atoms with Crippen LogP contribution in [0, 0.1) is 0 Å². The van der Waals surface area contributed by atoms with Crippen LogP contribution in [0.5, 0.6) is 0 Å². The Morgan fingerprint density at radius 1 is 1.12 bits per heavy atom. The molecule has 0 bridgehead atoms. The molecule has 0 aliphatic heterocycles. The van der Waals surface area contributed by atoms with Crippen LogP contribution < -0.4 is 5.32 Å². The van der Waals surface area contributed by atoms with Gasteiger partial charge in [-0.25, -0.2) is 0 Å². The molecule has 1 atom stereocenters. The lowest BCUT2D eigenvalue weighted by Crippen LogP contribution is -2.30. The van der Waals surface area contributed by atoms with Crippen molar-refractivity contribution in [2.45, 2.75) is 25.9 Å². The monoisotopic (exact) mass is 352 g/mol. The Morgan fingerprint density at radius 3 is 2.64 bits per heavy atom. The highest BCUT2D eigenvalue weighted by Crippen LogP contribution is 2.26. The van der Waals surface area contributed by atoms with Gasteiger partial charge in [0.05, 0.1) is 6.04 Å². The summed E-state index contributed by atoms with van der Waals surface area (Å²) in [4.78, 5) is 14.4. The number of fused-ring (bicyclic) bond motifs is 1. The molecule has 3 rings (SSSR count). The molecule has 0 aliphatic carbocycles. The summed E-state index contributed by atoms with van der Waals surface area (Å²) in [6.07, 6.45) is 0.510. The van der Waals surface area contributed by atoms with Crippen molar-refractivity contribution in [2.24, 2.45) is 0 Å². The van der Waals surface area contributed by atoms with Gasteiger partial charge in [0.25, 0.3) is 0 Å². The van der Waals surface area contributed by atoms with E-state index in [1.54, 1.807) is 11.3 Å². The summed E-state index contributed by atoms with van der Waals surface area (Å²) in [7, 11) is 2.07. The Balaban J connectivity index is 1.48. The van der Waals surface area contributed by atoms with Gasteiger partial charge in [-0.3, -0.25) is 4.79 Å². The van der Waals surface area contributed by atoms with Crippen molar-refractivity contribution < 1.29 is 4.79 Å². The summed E-state index contributed by atoms with van der Waals surface area (Å²) in [5, 5.41) is 6.62. The summed E-state index contributed by atoms with van der Waals surface area (Å²) < 4.78 is 1.32. The van der Waals surface area contributed by atoms with E-state index < -0.39 is 0 Å². The second-order valence-electron chi connectivity index (χ2n) is 6.44. The van der Waals surface area contributed by atoms with E-state index in [1.807, 2.05) is 37.3 Å². The number of nitrogens with one attached hydrogen (secondary N) is 1. The molecule has 3 nitrogen and oxygen atoms in total. The fourth-order valence-electron chi connectivity index (χ4n) is 2.96. The van der Waals surface area contributed by atoms with Gasteiger partial charge in [-0.15, -0.1) is 11.3 Å². The Hall–Kier alpha value is -2.17. The van der Waals surface area contributed by atoms with Crippen LogP contribution in [0.2, 0.25) is 0 Å². The van der Waals surface area contributed by atoms with Crippen molar-refractivity contribution in [3.05, 3.63) is 71.1 Å². The van der Waals surface area contributed by atoms with Crippen molar-refractivity contribution in [3.63, 3.8) is 0 Å². The van der Waals surface area contributed by atoms with E-state index in [4.69, 9.17) is 0 Å². The maximum absolute atomic E-state index is 12.2. The highest BCUT2D eigenvalue weighted by Gasteiger charge is 2.11. The van der Waals surface area contributed by atoms with Crippen molar-refractivity contribution in [1.29, 1.82) is 0 Å². The Labute approximate surface area is 153 Å². The lowest BCUT2D eigenvalue weighted by atomic mass is 10.1. The zero-order chi connectivity index (χ0) is 17.6. The van der Waals surface area contributed by atoms with E-state index >= 15 is 0 Å². The van der Waals surface area contributed by atoms with Crippen LogP contribution in [0.25, 0.3) is 10.1 Å². The molecule has 2 aromatic carbocycles. The zero-order valence-corrected chi connectivity index (χ0v) is 15.6. The van der Waals surface area contributed by atoms with E-state index in [0.29, 0.717) is 6.42 Å². The first-order valence-corrected chi connectivity index (χ1v) is 9.49. The first kappa shape index (κ1) is 17.6. The van der Waals surface area contributed by atoms with Gasteiger partial charge >= 0.3 is 0 Å². The molecule has 130 valence electrons. The highest BCUT2D eigenvalue weighted by atomic mass is 32.1. The molecule has 0 radical (unpaired) electrons. The van der Waals surface area contributed by atoms with Crippen LogP contribution >= 0.6 is 11.3 Å². The highest BCUT2D eigenvalue weighted by molar-refractivity contribution is 7.17. The van der Waals surface area contributed by atoms with Crippen LogP contribution in [-0.2, 0) is 11.3 Å². The van der Waals surface area contributed by atoms with Crippen LogP contribution in [0.3, 0.4) is 0 Å². The van der Waals surface area contributed by atoms with Gasteiger partial charge in [0.2, 0.25) is 5.91 Å². The number of amides is 1. The van der Waals surface area contributed by atoms with Crippen molar-refractivity contribution in [1.82, 2.24) is 10.2 Å². The molecule has 1 aromatic heterocycles. The average Bonchev–Trinajstić information content (AvgIpc) is 3.04. The molecule has 0 aliphatic rings. The average molecular weight is 353 g/mol. The third-order valence-electron chi connectivity index (χ3n) is 4.40. The number of carbonyl (C=O) groups excluding carboxylic acids is 1. The summed E-state index contributed by atoms with van der Waals surface area (Å²) >= 11 is 1.78. The van der Waals surface area contributed by atoms with Crippen molar-refractivity contribution in [2.75, 3.05) is 13.6 Å². The molecule has 0 saturated carbocycles. The number of benzene rings is 2. The quantitative estimate of drug-likeness (QED) is 0.674. The van der Waals surface area contributed by atoms with Gasteiger partial charge < -0.3 is 10.2 Å². The van der Waals surface area contributed by atoms with Gasteiger partial charge in [0, 0.05) is 24.2 Å². The Bertz CT molecular complexity index is 828. The number of thiophene rings is 1. The minimum absolute atomic E-state index is 0.0415. The lowest BCUT2D eigenvalue weighted by molar-refractivity contribution is -0.122. The van der Waals surface area contributed by atoms with Gasteiger partial charge in [-0.05, 0) is 41.9 Å². The van der Waals surface area contributed by atoms with E-state index in [-0.39, 0.29) is 11.9 Å². The topological polar surface area (TPSA) is 32.3 Å². The number of hydrogen-bond acceptors (Lipinski definition) is 3. The van der Waals surface area contributed by atoms with E-state index in [9.17, 15) is 4.79 Å². The molecular weight excluding hydrogens is 328 g/mol. The molecule has 3 aromatic rings. The Kier molecular flexibility index (Phi) is 5.84. The summed E-state index contributed by atoms with van der Waals surface area (Å²) in [5.74, 6) is 0.0957. The van der Waals surface area contributed by atoms with Crippen LogP contribution in [0.4, 0.5) is 0 Å². The van der Waals surface area contributed by atoms with Gasteiger partial charge in [0.15, 0.2) is 0 Å². The molecular formula is C21H24N2OS. The molecule has 0 saturated heterocycles. The number of nitrogens with zero attached hydrogens (tertiary/aromatic N) is 1. The fourth-order valence-corrected chi connectivity index (χ4v) is 3.91. The summed E-state index contributed by atoms with van der Waals surface area (Å²) in [6.45, 7) is 3.64. The van der Waals surface area contributed by atoms with Crippen LogP contribution in [-0.4, -0.2) is 24.4 Å². The summed E-state index contributed by atoms with van der Waals surface area (Å²) in [6, 6.07) is 18.6. The second-order valence-corrected chi connectivity index (χ2v) is 7.36.